The lowest BCUT2D eigenvalue weighted by molar-refractivity contribution is 0.0872. The first-order valence-corrected chi connectivity index (χ1v) is 8.24. The van der Waals surface area contributed by atoms with Crippen LogP contribution in [-0.2, 0) is 0 Å². The quantitative estimate of drug-likeness (QED) is 0.698. The van der Waals surface area contributed by atoms with Crippen molar-refractivity contribution in [2.24, 2.45) is 0 Å². The van der Waals surface area contributed by atoms with Crippen molar-refractivity contribution in [3.63, 3.8) is 0 Å². The highest BCUT2D eigenvalue weighted by molar-refractivity contribution is 6.05. The molecular weight excluding hydrogens is 292 g/mol. The summed E-state index contributed by atoms with van der Waals surface area (Å²) in [6, 6.07) is 3.38. The Morgan fingerprint density at radius 2 is 2.22 bits per heavy atom. The zero-order chi connectivity index (χ0) is 16.9. The summed E-state index contributed by atoms with van der Waals surface area (Å²) >= 11 is 0. The fourth-order valence-electron chi connectivity index (χ4n) is 2.91. The fourth-order valence-corrected chi connectivity index (χ4v) is 2.91. The van der Waals surface area contributed by atoms with Gasteiger partial charge in [-0.2, -0.15) is 0 Å². The Kier molecular flexibility index (Phi) is 5.71. The Labute approximate surface area is 137 Å². The normalized spacial score (nSPS) is 21.7. The molecule has 1 fully saturated rings. The molecule has 126 valence electrons. The largest absolute Gasteiger partial charge is 0.336 e. The standard InChI is InChI=1S/C17H26N4O2/c1-4-5-13(3)20-16(23)21-17(8-9-18-11-17)15(22)14-7-6-12(2)19-10-14/h6-7,10,13,18H,4-5,8-9,11H2,1-3H3,(H2,20,21,23)/t13?,17-/m1/s1. The maximum Gasteiger partial charge on any atom is 0.315 e. The van der Waals surface area contributed by atoms with E-state index >= 15 is 0 Å². The summed E-state index contributed by atoms with van der Waals surface area (Å²) in [6.07, 6.45) is 4.07. The maximum absolute atomic E-state index is 12.9. The number of aryl methyl sites for hydroxylation is 1. The highest BCUT2D eigenvalue weighted by Crippen LogP contribution is 2.21. The van der Waals surface area contributed by atoms with Gasteiger partial charge in [-0.1, -0.05) is 13.3 Å². The van der Waals surface area contributed by atoms with Crippen molar-refractivity contribution in [1.29, 1.82) is 0 Å². The van der Waals surface area contributed by atoms with E-state index in [-0.39, 0.29) is 17.9 Å². The summed E-state index contributed by atoms with van der Waals surface area (Å²) in [5.74, 6) is -0.0895. The van der Waals surface area contributed by atoms with Crippen molar-refractivity contribution in [3.05, 3.63) is 29.6 Å². The summed E-state index contributed by atoms with van der Waals surface area (Å²) in [5.41, 5.74) is 0.493. The van der Waals surface area contributed by atoms with Gasteiger partial charge >= 0.3 is 6.03 Å². The first-order chi connectivity index (χ1) is 11.0. The van der Waals surface area contributed by atoms with Crippen LogP contribution in [0.5, 0.6) is 0 Å². The van der Waals surface area contributed by atoms with Crippen LogP contribution in [0.4, 0.5) is 4.79 Å². The van der Waals surface area contributed by atoms with Crippen LogP contribution in [0.3, 0.4) is 0 Å². The minimum absolute atomic E-state index is 0.0857. The number of pyridine rings is 1. The van der Waals surface area contributed by atoms with Crippen molar-refractivity contribution < 1.29 is 9.59 Å². The Balaban J connectivity index is 2.11. The summed E-state index contributed by atoms with van der Waals surface area (Å²) in [7, 11) is 0. The zero-order valence-electron chi connectivity index (χ0n) is 14.1. The van der Waals surface area contributed by atoms with Crippen LogP contribution in [0, 0.1) is 6.92 Å². The van der Waals surface area contributed by atoms with Gasteiger partial charge in [0, 0.05) is 30.0 Å². The Hall–Kier alpha value is -1.95. The topological polar surface area (TPSA) is 83.1 Å². The Morgan fingerprint density at radius 1 is 1.43 bits per heavy atom. The SMILES string of the molecule is CCCC(C)NC(=O)N[C@]1(C(=O)c2ccc(C)nc2)CCNC1. The molecule has 3 N–H and O–H groups in total. The second kappa shape index (κ2) is 7.55. The van der Waals surface area contributed by atoms with E-state index < -0.39 is 5.54 Å². The molecule has 2 heterocycles. The highest BCUT2D eigenvalue weighted by Gasteiger charge is 2.43. The average molecular weight is 318 g/mol. The van der Waals surface area contributed by atoms with Crippen molar-refractivity contribution in [3.8, 4) is 0 Å². The first-order valence-electron chi connectivity index (χ1n) is 8.24. The van der Waals surface area contributed by atoms with E-state index in [9.17, 15) is 9.59 Å². The number of hydrogen-bond donors (Lipinski definition) is 3. The molecule has 1 aromatic rings. The van der Waals surface area contributed by atoms with E-state index in [0.717, 1.165) is 18.5 Å². The minimum atomic E-state index is -0.896. The molecule has 2 rings (SSSR count). The number of nitrogens with zero attached hydrogens (tertiary/aromatic N) is 1. The van der Waals surface area contributed by atoms with Crippen molar-refractivity contribution in [1.82, 2.24) is 20.9 Å². The van der Waals surface area contributed by atoms with Crippen molar-refractivity contribution in [2.45, 2.75) is 51.6 Å². The van der Waals surface area contributed by atoms with E-state index in [1.54, 1.807) is 12.3 Å². The molecule has 6 nitrogen and oxygen atoms in total. The number of rotatable bonds is 6. The van der Waals surface area contributed by atoms with Crippen LogP contribution in [0.15, 0.2) is 18.3 Å². The molecule has 1 unspecified atom stereocenters. The minimum Gasteiger partial charge on any atom is -0.336 e. The third kappa shape index (κ3) is 4.28. The Morgan fingerprint density at radius 3 is 2.78 bits per heavy atom. The summed E-state index contributed by atoms with van der Waals surface area (Å²) in [5, 5.41) is 8.98. The van der Waals surface area contributed by atoms with E-state index in [4.69, 9.17) is 0 Å². The van der Waals surface area contributed by atoms with Gasteiger partial charge in [0.25, 0.3) is 0 Å². The predicted molar refractivity (Wildman–Crippen MR) is 89.6 cm³/mol. The van der Waals surface area contributed by atoms with Crippen LogP contribution in [0.25, 0.3) is 0 Å². The summed E-state index contributed by atoms with van der Waals surface area (Å²) in [6.45, 7) is 7.06. The first kappa shape index (κ1) is 17.4. The molecule has 0 saturated carbocycles. The molecule has 6 heteroatoms. The average Bonchev–Trinajstić information content (AvgIpc) is 2.97. The van der Waals surface area contributed by atoms with E-state index in [1.807, 2.05) is 19.9 Å². The predicted octanol–water partition coefficient (Wildman–Crippen LogP) is 1.79. The van der Waals surface area contributed by atoms with Crippen molar-refractivity contribution >= 4 is 11.8 Å². The van der Waals surface area contributed by atoms with Gasteiger partial charge in [-0.3, -0.25) is 9.78 Å². The molecule has 1 saturated heterocycles. The van der Waals surface area contributed by atoms with Crippen LogP contribution in [0.2, 0.25) is 0 Å². The number of Topliss-reactive ketones (excluding diaryl/α,β-unsaturated/α-hetero) is 1. The van der Waals surface area contributed by atoms with Crippen LogP contribution in [-0.4, -0.2) is 41.5 Å². The molecule has 0 radical (unpaired) electrons. The molecule has 0 bridgehead atoms. The zero-order valence-corrected chi connectivity index (χ0v) is 14.1. The van der Waals surface area contributed by atoms with Gasteiger partial charge in [0.2, 0.25) is 0 Å². The Bertz CT molecular complexity index is 550. The summed E-state index contributed by atoms with van der Waals surface area (Å²) < 4.78 is 0. The number of carbonyl (C=O) groups is 2. The van der Waals surface area contributed by atoms with Crippen LogP contribution in [0.1, 0.15) is 49.2 Å². The van der Waals surface area contributed by atoms with Crippen LogP contribution < -0.4 is 16.0 Å². The molecule has 1 aliphatic rings. The maximum atomic E-state index is 12.9. The fraction of sp³-hybridized carbons (Fsp3) is 0.588. The van der Waals surface area contributed by atoms with E-state index in [0.29, 0.717) is 25.1 Å². The van der Waals surface area contributed by atoms with Gasteiger partial charge in [0.15, 0.2) is 5.78 Å². The van der Waals surface area contributed by atoms with Gasteiger partial charge in [0.1, 0.15) is 5.54 Å². The number of amides is 2. The molecule has 2 amide bonds. The lowest BCUT2D eigenvalue weighted by Gasteiger charge is -2.29. The third-order valence-corrected chi connectivity index (χ3v) is 4.22. The van der Waals surface area contributed by atoms with Crippen molar-refractivity contribution in [2.75, 3.05) is 13.1 Å². The number of carbonyl (C=O) groups excluding carboxylic acids is 2. The second-order valence-corrected chi connectivity index (χ2v) is 6.31. The van der Waals surface area contributed by atoms with E-state index in [2.05, 4.69) is 27.9 Å². The van der Waals surface area contributed by atoms with Gasteiger partial charge in [0.05, 0.1) is 0 Å². The molecular formula is C17H26N4O2. The second-order valence-electron chi connectivity index (χ2n) is 6.31. The monoisotopic (exact) mass is 318 g/mol. The molecule has 0 aromatic carbocycles. The lowest BCUT2D eigenvalue weighted by atomic mass is 9.89. The molecule has 1 aliphatic heterocycles. The smallest absolute Gasteiger partial charge is 0.315 e. The van der Waals surface area contributed by atoms with Crippen LogP contribution >= 0.6 is 0 Å². The third-order valence-electron chi connectivity index (χ3n) is 4.22. The van der Waals surface area contributed by atoms with Gasteiger partial charge in [-0.05, 0) is 45.4 Å². The van der Waals surface area contributed by atoms with Gasteiger partial charge in [-0.15, -0.1) is 0 Å². The molecule has 23 heavy (non-hydrogen) atoms. The molecule has 2 atom stereocenters. The summed E-state index contributed by atoms with van der Waals surface area (Å²) in [4.78, 5) is 29.4. The molecule has 1 aromatic heterocycles. The van der Waals surface area contributed by atoms with Gasteiger partial charge in [-0.25, -0.2) is 4.79 Å². The molecule has 0 spiro atoms. The number of nitrogens with one attached hydrogen (secondary N) is 3. The lowest BCUT2D eigenvalue weighted by Crippen LogP contribution is -2.59. The highest BCUT2D eigenvalue weighted by atomic mass is 16.2. The van der Waals surface area contributed by atoms with Gasteiger partial charge < -0.3 is 16.0 Å². The number of urea groups is 1. The molecule has 0 aliphatic carbocycles. The number of hydrogen-bond acceptors (Lipinski definition) is 4. The number of aromatic nitrogens is 1. The van der Waals surface area contributed by atoms with E-state index in [1.165, 1.54) is 0 Å². The number of ketones is 1.